The van der Waals surface area contributed by atoms with E-state index in [4.69, 9.17) is 21.1 Å². The lowest BCUT2D eigenvalue weighted by atomic mass is 10.3. The lowest BCUT2D eigenvalue weighted by Gasteiger charge is -2.15. The smallest absolute Gasteiger partial charge is 0.140 e. The summed E-state index contributed by atoms with van der Waals surface area (Å²) < 4.78 is 23.3. The highest BCUT2D eigenvalue weighted by Crippen LogP contribution is 2.24. The molecular weight excluding hydrogens is 247 g/mol. The summed E-state index contributed by atoms with van der Waals surface area (Å²) in [6, 6.07) is 3.83. The van der Waals surface area contributed by atoms with E-state index < -0.39 is 11.9 Å². The Balaban J connectivity index is 2.41. The topological polar surface area (TPSA) is 38.7 Å². The van der Waals surface area contributed by atoms with Crippen LogP contribution < -0.4 is 4.74 Å². The Morgan fingerprint density at radius 1 is 1.35 bits per heavy atom. The number of halogens is 2. The Bertz CT molecular complexity index is 358. The van der Waals surface area contributed by atoms with Gasteiger partial charge in [0.15, 0.2) is 0 Å². The molecule has 0 aliphatic heterocycles. The lowest BCUT2D eigenvalue weighted by Crippen LogP contribution is -2.25. The fourth-order valence-electron chi connectivity index (χ4n) is 1.13. The van der Waals surface area contributed by atoms with Crippen LogP contribution >= 0.6 is 11.6 Å². The third kappa shape index (κ3) is 5.35. The van der Waals surface area contributed by atoms with Crippen LogP contribution in [0.5, 0.6) is 5.75 Å². The minimum absolute atomic E-state index is 0.00981. The molecule has 17 heavy (non-hydrogen) atoms. The molecular formula is C12H16ClFO3. The Labute approximate surface area is 105 Å². The molecule has 0 saturated carbocycles. The number of rotatable bonds is 6. The molecule has 0 fully saturated rings. The van der Waals surface area contributed by atoms with Gasteiger partial charge >= 0.3 is 0 Å². The fraction of sp³-hybridized carbons (Fsp3) is 0.500. The third-order valence-electron chi connectivity index (χ3n) is 1.95. The average molecular weight is 263 g/mol. The zero-order valence-electron chi connectivity index (χ0n) is 9.82. The summed E-state index contributed by atoms with van der Waals surface area (Å²) in [5, 5.41) is 9.84. The van der Waals surface area contributed by atoms with Crippen molar-refractivity contribution in [3.8, 4) is 5.75 Å². The average Bonchev–Trinajstić information content (AvgIpc) is 2.27. The standard InChI is InChI=1S/C12H16ClFO3/c1-8(2)16-6-10(15)7-17-12-5-9(14)3-4-11(12)13/h3-5,8,10,15H,6-7H2,1-2H3/t10-/m0/s1. The van der Waals surface area contributed by atoms with Crippen LogP contribution in [0.1, 0.15) is 13.8 Å². The predicted octanol–water partition coefficient (Wildman–Crippen LogP) is 2.64. The molecule has 0 unspecified atom stereocenters. The first kappa shape index (κ1) is 14.2. The van der Waals surface area contributed by atoms with E-state index in [9.17, 15) is 9.50 Å². The largest absolute Gasteiger partial charge is 0.489 e. The molecule has 0 spiro atoms. The van der Waals surface area contributed by atoms with Crippen molar-refractivity contribution in [3.63, 3.8) is 0 Å². The molecule has 3 nitrogen and oxygen atoms in total. The highest BCUT2D eigenvalue weighted by Gasteiger charge is 2.09. The van der Waals surface area contributed by atoms with E-state index in [0.29, 0.717) is 5.02 Å². The summed E-state index contributed by atoms with van der Waals surface area (Å²) in [6.07, 6.45) is -0.723. The normalized spacial score (nSPS) is 12.8. The maximum absolute atomic E-state index is 12.9. The molecule has 0 aliphatic carbocycles. The van der Waals surface area contributed by atoms with Gasteiger partial charge in [-0.25, -0.2) is 4.39 Å². The molecule has 1 N–H and O–H groups in total. The highest BCUT2D eigenvalue weighted by atomic mass is 35.5. The molecule has 1 rings (SSSR count). The molecule has 0 radical (unpaired) electrons. The van der Waals surface area contributed by atoms with E-state index in [-0.39, 0.29) is 25.1 Å². The van der Waals surface area contributed by atoms with Crippen molar-refractivity contribution in [2.24, 2.45) is 0 Å². The zero-order chi connectivity index (χ0) is 12.8. The minimum Gasteiger partial charge on any atom is -0.489 e. The van der Waals surface area contributed by atoms with Crippen LogP contribution in [0.4, 0.5) is 4.39 Å². The second-order valence-electron chi connectivity index (χ2n) is 3.92. The number of ether oxygens (including phenoxy) is 2. The summed E-state index contributed by atoms with van der Waals surface area (Å²) >= 11 is 5.80. The summed E-state index contributed by atoms with van der Waals surface area (Å²) in [5.74, 6) is -0.215. The van der Waals surface area contributed by atoms with Gasteiger partial charge in [0.25, 0.3) is 0 Å². The fourth-order valence-corrected chi connectivity index (χ4v) is 1.30. The van der Waals surface area contributed by atoms with Crippen LogP contribution in [0.25, 0.3) is 0 Å². The first-order valence-corrected chi connectivity index (χ1v) is 5.74. The van der Waals surface area contributed by atoms with Crippen molar-refractivity contribution < 1.29 is 19.0 Å². The van der Waals surface area contributed by atoms with Gasteiger partial charge in [-0.15, -0.1) is 0 Å². The first-order valence-electron chi connectivity index (χ1n) is 5.36. The summed E-state index contributed by atoms with van der Waals surface area (Å²) in [4.78, 5) is 0. The second-order valence-corrected chi connectivity index (χ2v) is 4.33. The number of aliphatic hydroxyl groups excluding tert-OH is 1. The van der Waals surface area contributed by atoms with Gasteiger partial charge in [-0.1, -0.05) is 11.6 Å². The number of aliphatic hydroxyl groups is 1. The van der Waals surface area contributed by atoms with Gasteiger partial charge in [0.05, 0.1) is 17.7 Å². The van der Waals surface area contributed by atoms with Crippen LogP contribution in [-0.4, -0.2) is 30.5 Å². The van der Waals surface area contributed by atoms with Crippen LogP contribution in [0, 0.1) is 5.82 Å². The lowest BCUT2D eigenvalue weighted by molar-refractivity contribution is -0.0123. The Hall–Kier alpha value is -0.840. The van der Waals surface area contributed by atoms with Crippen LogP contribution in [-0.2, 0) is 4.74 Å². The van der Waals surface area contributed by atoms with Gasteiger partial charge in [-0.2, -0.15) is 0 Å². The Kier molecular flexibility index (Phi) is 5.68. The third-order valence-corrected chi connectivity index (χ3v) is 2.26. The van der Waals surface area contributed by atoms with Gasteiger partial charge in [0, 0.05) is 6.07 Å². The summed E-state index contributed by atoms with van der Waals surface area (Å²) in [5.41, 5.74) is 0. The van der Waals surface area contributed by atoms with E-state index in [1.165, 1.54) is 18.2 Å². The van der Waals surface area contributed by atoms with Crippen molar-refractivity contribution in [2.45, 2.75) is 26.1 Å². The molecule has 5 heteroatoms. The van der Waals surface area contributed by atoms with Crippen LogP contribution in [0.15, 0.2) is 18.2 Å². The molecule has 1 aromatic rings. The van der Waals surface area contributed by atoms with Gasteiger partial charge in [0.1, 0.15) is 24.3 Å². The minimum atomic E-state index is -0.767. The monoisotopic (exact) mass is 262 g/mol. The molecule has 0 aromatic heterocycles. The molecule has 0 heterocycles. The number of hydrogen-bond donors (Lipinski definition) is 1. The van der Waals surface area contributed by atoms with Gasteiger partial charge < -0.3 is 14.6 Å². The van der Waals surface area contributed by atoms with Crippen molar-refractivity contribution in [1.29, 1.82) is 0 Å². The van der Waals surface area contributed by atoms with Crippen molar-refractivity contribution in [2.75, 3.05) is 13.2 Å². The SMILES string of the molecule is CC(C)OC[C@H](O)COc1cc(F)ccc1Cl. The van der Waals surface area contributed by atoms with E-state index in [1.807, 2.05) is 13.8 Å². The van der Waals surface area contributed by atoms with Gasteiger partial charge in [0.2, 0.25) is 0 Å². The molecule has 0 amide bonds. The van der Waals surface area contributed by atoms with Crippen molar-refractivity contribution >= 4 is 11.6 Å². The van der Waals surface area contributed by atoms with Gasteiger partial charge in [-0.05, 0) is 26.0 Å². The first-order chi connectivity index (χ1) is 7.99. The van der Waals surface area contributed by atoms with E-state index in [0.717, 1.165) is 0 Å². The number of benzene rings is 1. The molecule has 1 aromatic carbocycles. The van der Waals surface area contributed by atoms with E-state index in [2.05, 4.69) is 0 Å². The molecule has 0 aliphatic rings. The highest BCUT2D eigenvalue weighted by molar-refractivity contribution is 6.32. The summed E-state index contributed by atoms with van der Waals surface area (Å²) in [6.45, 7) is 3.93. The zero-order valence-corrected chi connectivity index (χ0v) is 10.6. The Morgan fingerprint density at radius 2 is 2.06 bits per heavy atom. The predicted molar refractivity (Wildman–Crippen MR) is 64.0 cm³/mol. The molecule has 96 valence electrons. The van der Waals surface area contributed by atoms with Crippen LogP contribution in [0.3, 0.4) is 0 Å². The van der Waals surface area contributed by atoms with E-state index >= 15 is 0 Å². The quantitative estimate of drug-likeness (QED) is 0.857. The van der Waals surface area contributed by atoms with Crippen molar-refractivity contribution in [1.82, 2.24) is 0 Å². The summed E-state index contributed by atoms with van der Waals surface area (Å²) in [7, 11) is 0. The molecule has 1 atom stereocenters. The van der Waals surface area contributed by atoms with Gasteiger partial charge in [-0.3, -0.25) is 0 Å². The van der Waals surface area contributed by atoms with E-state index in [1.54, 1.807) is 0 Å². The second kappa shape index (κ2) is 6.79. The molecule has 0 saturated heterocycles. The maximum Gasteiger partial charge on any atom is 0.140 e. The maximum atomic E-state index is 12.9. The Morgan fingerprint density at radius 3 is 2.71 bits per heavy atom. The number of hydrogen-bond acceptors (Lipinski definition) is 3. The van der Waals surface area contributed by atoms with Crippen LogP contribution in [0.2, 0.25) is 5.02 Å². The molecule has 0 bridgehead atoms. The van der Waals surface area contributed by atoms with Crippen molar-refractivity contribution in [3.05, 3.63) is 29.0 Å².